The lowest BCUT2D eigenvalue weighted by molar-refractivity contribution is -0.393. The van der Waals surface area contributed by atoms with E-state index in [1.807, 2.05) is 0 Å². The Bertz CT molecular complexity index is 750. The highest BCUT2D eigenvalue weighted by atomic mass is 16.6. The average molecular weight is 394 g/mol. The molecule has 0 bridgehead atoms. The van der Waals surface area contributed by atoms with Gasteiger partial charge in [-0.3, -0.25) is 25.1 Å². The molecule has 2 aliphatic heterocycles. The van der Waals surface area contributed by atoms with E-state index in [4.69, 9.17) is 4.74 Å². The van der Waals surface area contributed by atoms with Gasteiger partial charge in [-0.1, -0.05) is 0 Å². The molecular weight excluding hydrogens is 368 g/mol. The summed E-state index contributed by atoms with van der Waals surface area (Å²) < 4.78 is 5.38. The maximum Gasteiger partial charge on any atom is 0.302 e. The molecule has 2 aliphatic rings. The van der Waals surface area contributed by atoms with Crippen LogP contribution in [0.3, 0.4) is 0 Å². The van der Waals surface area contributed by atoms with Gasteiger partial charge in [-0.2, -0.15) is 0 Å². The molecule has 0 spiro atoms. The van der Waals surface area contributed by atoms with Crippen molar-refractivity contribution in [2.75, 3.05) is 50.8 Å². The van der Waals surface area contributed by atoms with Crippen LogP contribution in [-0.4, -0.2) is 65.8 Å². The summed E-state index contributed by atoms with van der Waals surface area (Å²) in [5.41, 5.74) is -0.0255. The second-order valence-corrected chi connectivity index (χ2v) is 7.42. The van der Waals surface area contributed by atoms with E-state index in [9.17, 15) is 25.3 Å². The van der Waals surface area contributed by atoms with Gasteiger partial charge in [-0.15, -0.1) is 0 Å². The van der Waals surface area contributed by atoms with Crippen molar-refractivity contribution in [2.45, 2.75) is 26.4 Å². The molecule has 2 heterocycles. The van der Waals surface area contributed by atoms with E-state index in [1.54, 1.807) is 4.90 Å². The minimum Gasteiger partial charge on any atom is -0.392 e. The number of piperidine rings is 1. The first-order valence-corrected chi connectivity index (χ1v) is 9.53. The maximum atomic E-state index is 11.8. The summed E-state index contributed by atoms with van der Waals surface area (Å²) in [6.45, 7) is 6.12. The summed E-state index contributed by atoms with van der Waals surface area (Å²) in [6.07, 6.45) is 1.81. The minimum absolute atomic E-state index is 0.0661. The van der Waals surface area contributed by atoms with Crippen LogP contribution in [0.4, 0.5) is 17.1 Å². The highest BCUT2D eigenvalue weighted by Crippen LogP contribution is 2.43. The minimum atomic E-state index is -0.591. The molecule has 2 saturated heterocycles. The average Bonchev–Trinajstić information content (AvgIpc) is 2.68. The number of nitrogens with zero attached hydrogens (tertiary/aromatic N) is 4. The van der Waals surface area contributed by atoms with Gasteiger partial charge in [0.2, 0.25) is 0 Å². The molecule has 10 heteroatoms. The molecule has 1 unspecified atom stereocenters. The van der Waals surface area contributed by atoms with E-state index >= 15 is 0 Å². The van der Waals surface area contributed by atoms with E-state index in [1.165, 1.54) is 13.0 Å². The van der Waals surface area contributed by atoms with Crippen LogP contribution in [0.2, 0.25) is 0 Å². The number of hydrogen-bond donors (Lipinski definition) is 1. The van der Waals surface area contributed by atoms with Crippen molar-refractivity contribution in [1.82, 2.24) is 4.90 Å². The van der Waals surface area contributed by atoms with Gasteiger partial charge < -0.3 is 14.7 Å². The zero-order valence-electron chi connectivity index (χ0n) is 16.0. The normalized spacial score (nSPS) is 20.9. The Labute approximate surface area is 163 Å². The van der Waals surface area contributed by atoms with Crippen molar-refractivity contribution in [3.05, 3.63) is 37.4 Å². The highest BCUT2D eigenvalue weighted by Gasteiger charge is 2.36. The Balaban J connectivity index is 1.93. The van der Waals surface area contributed by atoms with Crippen LogP contribution in [0.5, 0.6) is 0 Å². The Morgan fingerprint density at radius 2 is 1.93 bits per heavy atom. The molecular formula is C18H26N4O6. The third kappa shape index (κ3) is 4.23. The van der Waals surface area contributed by atoms with Crippen LogP contribution < -0.4 is 4.90 Å². The quantitative estimate of drug-likeness (QED) is 0.573. The Hall–Kier alpha value is -2.30. The number of rotatable bonds is 6. The molecule has 1 N–H and O–H groups in total. The van der Waals surface area contributed by atoms with Crippen molar-refractivity contribution in [3.63, 3.8) is 0 Å². The number of ether oxygens (including phenoxy) is 1. The SMILES string of the molecule is Cc1c(CO)cc([N+](=O)[O-])c(N2CCCC(CN3CCOCC3)C2)c1[N+](=O)[O-]. The lowest BCUT2D eigenvalue weighted by Crippen LogP contribution is -2.44. The summed E-state index contributed by atoms with van der Waals surface area (Å²) >= 11 is 0. The van der Waals surface area contributed by atoms with Crippen LogP contribution in [-0.2, 0) is 11.3 Å². The van der Waals surface area contributed by atoms with Crippen molar-refractivity contribution in [1.29, 1.82) is 0 Å². The standard InChI is InChI=1S/C18H26N4O6/c1-13-15(12-23)9-16(21(24)25)18(17(13)22(26)27)20-4-2-3-14(11-20)10-19-5-7-28-8-6-19/h9,14,23H,2-8,10-12H2,1H3. The van der Waals surface area contributed by atoms with Gasteiger partial charge in [-0.25, -0.2) is 0 Å². The third-order valence-electron chi connectivity index (χ3n) is 5.62. The van der Waals surface area contributed by atoms with Crippen LogP contribution >= 0.6 is 0 Å². The molecule has 1 aromatic carbocycles. The molecule has 154 valence electrons. The lowest BCUT2D eigenvalue weighted by Gasteiger charge is -2.37. The zero-order valence-corrected chi connectivity index (χ0v) is 16.0. The molecule has 1 atom stereocenters. The Kier molecular flexibility index (Phi) is 6.42. The van der Waals surface area contributed by atoms with Crippen molar-refractivity contribution >= 4 is 17.1 Å². The van der Waals surface area contributed by atoms with Crippen LogP contribution in [0.25, 0.3) is 0 Å². The molecule has 0 saturated carbocycles. The van der Waals surface area contributed by atoms with Crippen LogP contribution in [0.15, 0.2) is 6.07 Å². The topological polar surface area (TPSA) is 122 Å². The van der Waals surface area contributed by atoms with E-state index in [0.717, 1.165) is 32.5 Å². The van der Waals surface area contributed by atoms with E-state index in [-0.39, 0.29) is 34.1 Å². The number of nitro benzene ring substituents is 2. The number of aliphatic hydroxyl groups excluding tert-OH is 1. The summed E-state index contributed by atoms with van der Waals surface area (Å²) in [5, 5.41) is 32.9. The third-order valence-corrected chi connectivity index (χ3v) is 5.62. The fraction of sp³-hybridized carbons (Fsp3) is 0.667. The first-order valence-electron chi connectivity index (χ1n) is 9.53. The summed E-state index contributed by atoms with van der Waals surface area (Å²) in [4.78, 5) is 26.4. The molecule has 0 aliphatic carbocycles. The van der Waals surface area contributed by atoms with E-state index in [0.29, 0.717) is 26.3 Å². The van der Waals surface area contributed by atoms with Crippen LogP contribution in [0.1, 0.15) is 24.0 Å². The number of nitro groups is 2. The van der Waals surface area contributed by atoms with Gasteiger partial charge in [0, 0.05) is 44.4 Å². The monoisotopic (exact) mass is 394 g/mol. The number of morpholine rings is 1. The molecule has 28 heavy (non-hydrogen) atoms. The van der Waals surface area contributed by atoms with Gasteiger partial charge >= 0.3 is 5.69 Å². The Morgan fingerprint density at radius 1 is 1.21 bits per heavy atom. The molecule has 10 nitrogen and oxygen atoms in total. The lowest BCUT2D eigenvalue weighted by atomic mass is 9.95. The molecule has 2 fully saturated rings. The molecule has 1 aromatic rings. The predicted octanol–water partition coefficient (Wildman–Crippen LogP) is 1.85. The zero-order chi connectivity index (χ0) is 20.3. The first kappa shape index (κ1) is 20.4. The maximum absolute atomic E-state index is 11.8. The molecule has 0 amide bonds. The molecule has 0 radical (unpaired) electrons. The highest BCUT2D eigenvalue weighted by molar-refractivity contribution is 5.79. The number of aliphatic hydroxyl groups is 1. The van der Waals surface area contributed by atoms with Crippen molar-refractivity contribution < 1.29 is 19.7 Å². The van der Waals surface area contributed by atoms with Gasteiger partial charge in [0.1, 0.15) is 0 Å². The summed E-state index contributed by atoms with van der Waals surface area (Å²) in [5.74, 6) is 0.281. The second-order valence-electron chi connectivity index (χ2n) is 7.42. The molecule has 0 aromatic heterocycles. The number of hydrogen-bond acceptors (Lipinski definition) is 8. The van der Waals surface area contributed by atoms with E-state index < -0.39 is 16.5 Å². The fourth-order valence-electron chi connectivity index (χ4n) is 4.20. The van der Waals surface area contributed by atoms with Gasteiger partial charge in [0.05, 0.1) is 29.7 Å². The van der Waals surface area contributed by atoms with Gasteiger partial charge in [0.15, 0.2) is 5.69 Å². The van der Waals surface area contributed by atoms with Gasteiger partial charge in [-0.05, 0) is 31.2 Å². The Morgan fingerprint density at radius 3 is 2.54 bits per heavy atom. The smallest absolute Gasteiger partial charge is 0.302 e. The largest absolute Gasteiger partial charge is 0.392 e. The predicted molar refractivity (Wildman–Crippen MR) is 103 cm³/mol. The van der Waals surface area contributed by atoms with Crippen LogP contribution in [0, 0.1) is 33.1 Å². The second kappa shape index (κ2) is 8.80. The van der Waals surface area contributed by atoms with E-state index in [2.05, 4.69) is 4.90 Å². The van der Waals surface area contributed by atoms with Gasteiger partial charge in [0.25, 0.3) is 5.69 Å². The number of anilines is 1. The fourth-order valence-corrected chi connectivity index (χ4v) is 4.20. The summed E-state index contributed by atoms with van der Waals surface area (Å²) in [6, 6.07) is 1.27. The van der Waals surface area contributed by atoms with Crippen molar-refractivity contribution in [3.8, 4) is 0 Å². The number of benzene rings is 1. The first-order chi connectivity index (χ1) is 13.4. The summed E-state index contributed by atoms with van der Waals surface area (Å²) in [7, 11) is 0. The van der Waals surface area contributed by atoms with Crippen molar-refractivity contribution in [2.24, 2.45) is 5.92 Å². The molecule has 3 rings (SSSR count).